The van der Waals surface area contributed by atoms with Crippen LogP contribution in [0.3, 0.4) is 0 Å². The van der Waals surface area contributed by atoms with E-state index in [1.165, 1.54) is 0 Å². The third-order valence-corrected chi connectivity index (χ3v) is 10.8. The van der Waals surface area contributed by atoms with Gasteiger partial charge in [0.25, 0.3) is 0 Å². The average Bonchev–Trinajstić information content (AvgIpc) is 1.01. The first-order valence-corrected chi connectivity index (χ1v) is 18.4. The largest absolute Gasteiger partial charge is 0.456 e. The third-order valence-electron chi connectivity index (χ3n) is 10.8. The van der Waals surface area contributed by atoms with E-state index in [0.717, 1.165) is 0 Å². The van der Waals surface area contributed by atoms with Crippen LogP contribution >= 0.6 is 0 Å². The molecule has 0 saturated carbocycles. The van der Waals surface area contributed by atoms with Gasteiger partial charge in [-0.15, -0.1) is 0 Å². The first-order chi connectivity index (χ1) is 44.4. The van der Waals surface area contributed by atoms with E-state index >= 15 is 0 Å². The van der Waals surface area contributed by atoms with Crippen molar-refractivity contribution in [1.29, 1.82) is 0 Å². The molecule has 0 aliphatic carbocycles. The van der Waals surface area contributed by atoms with Gasteiger partial charge in [0.05, 0.1) is 46.6 Å². The van der Waals surface area contributed by atoms with Crippen LogP contribution in [-0.2, 0) is 0 Å². The van der Waals surface area contributed by atoms with Crippen molar-refractivity contribution in [2.75, 3.05) is 0 Å². The molecule has 0 amide bonds. The van der Waals surface area contributed by atoms with Crippen LogP contribution in [0, 0.1) is 0 Å². The topological polar surface area (TPSA) is 13.1 Å². The predicted octanol–water partition coefficient (Wildman–Crippen LogP) is 17.2. The Morgan fingerprint density at radius 1 is 0.246 bits per heavy atom. The Kier molecular flexibility index (Phi) is 2.88. The van der Waals surface area contributed by atoms with Crippen molar-refractivity contribution >= 4 is 97.3 Å². The number of rotatable bonds is 4. The molecule has 13 aromatic carbocycles. The number of hydrogen-bond donors (Lipinski definition) is 0. The molecule has 1 heterocycles. The number of hydrogen-bond acceptors (Lipinski definition) is 1. The molecule has 1 heteroatoms. The van der Waals surface area contributed by atoms with Crippen LogP contribution in [-0.4, -0.2) is 0 Å². The van der Waals surface area contributed by atoms with E-state index in [0.29, 0.717) is 0 Å². The lowest BCUT2D eigenvalue weighted by atomic mass is 9.81. The highest BCUT2D eigenvalue weighted by Gasteiger charge is 2.23. The molecule has 0 saturated heterocycles. The molecule has 0 fully saturated rings. The SMILES string of the molecule is [2H]c1c([2H])c([2H])c(-c2c([2H])c(-c3c([2H])c([2H])c([2H])c4oc5c([2H])c6c([2H])c([2H])c([2H])c([2H])c6c([2H])c5c34)c(-c3c([2H])c([2H])c4c([2H])c([2H])c5c([2H])c([2H])c([2H])c6c([2H])c([2H])c3c4c56)c([2H])c2-c2c([2H])c([2H])c3c([2H])c([2H])c4c([2H])c([2H])c([2H])c5c([2H])c([2H])c2c3c45)c([2H])c1[2H]. The van der Waals surface area contributed by atoms with E-state index in [9.17, 15) is 27.4 Å². The molecule has 0 bridgehead atoms. The highest BCUT2D eigenvalue weighted by Crippen LogP contribution is 2.50. The van der Waals surface area contributed by atoms with Gasteiger partial charge in [-0.05, 0) is 150 Å². The summed E-state index contributed by atoms with van der Waals surface area (Å²) in [4.78, 5) is 0. The summed E-state index contributed by atoms with van der Waals surface area (Å²) in [5.41, 5.74) is -9.83. The molecule has 0 radical (unpaired) electrons. The summed E-state index contributed by atoms with van der Waals surface area (Å²) >= 11 is 0. The third kappa shape index (κ3) is 4.66. The minimum absolute atomic E-state index is 0.459. The number of furan rings is 1. The maximum Gasteiger partial charge on any atom is 0.136 e. The molecule has 14 aromatic rings. The maximum atomic E-state index is 11.1. The molecule has 0 unspecified atom stereocenters. The molecular formula is C60H34O. The summed E-state index contributed by atoms with van der Waals surface area (Å²) in [6, 6.07) is -33.9. The van der Waals surface area contributed by atoms with E-state index in [1.54, 1.807) is 0 Å². The van der Waals surface area contributed by atoms with Crippen molar-refractivity contribution in [3.05, 3.63) is 205 Å². The lowest BCUT2D eigenvalue weighted by Gasteiger charge is -2.22. The Hall–Kier alpha value is -8.00. The van der Waals surface area contributed by atoms with Crippen LogP contribution in [0.5, 0.6) is 0 Å². The van der Waals surface area contributed by atoms with Crippen molar-refractivity contribution in [1.82, 2.24) is 0 Å². The Morgan fingerprint density at radius 3 is 1.33 bits per heavy atom. The highest BCUT2D eigenvalue weighted by molar-refractivity contribution is 6.28. The quantitative estimate of drug-likeness (QED) is 0.162. The van der Waals surface area contributed by atoms with Gasteiger partial charge in [-0.3, -0.25) is 0 Å². The van der Waals surface area contributed by atoms with Crippen LogP contribution in [0.1, 0.15) is 46.6 Å². The van der Waals surface area contributed by atoms with Crippen molar-refractivity contribution in [2.24, 2.45) is 0 Å². The predicted molar refractivity (Wildman–Crippen MR) is 260 cm³/mol. The minimum Gasteiger partial charge on any atom is -0.456 e. The Balaban J connectivity index is 1.37. The molecular weight excluding hydrogens is 737 g/mol. The normalized spacial score (nSPS) is 20.1. The molecule has 0 atom stereocenters. The zero-order valence-electron chi connectivity index (χ0n) is 64.4. The molecule has 280 valence electrons. The second-order valence-electron chi connectivity index (χ2n) is 14.0. The van der Waals surface area contributed by atoms with Gasteiger partial charge in [0.15, 0.2) is 0 Å². The smallest absolute Gasteiger partial charge is 0.136 e. The van der Waals surface area contributed by atoms with E-state index in [2.05, 4.69) is 0 Å². The highest BCUT2D eigenvalue weighted by atomic mass is 16.3. The van der Waals surface area contributed by atoms with Crippen LogP contribution < -0.4 is 0 Å². The van der Waals surface area contributed by atoms with Gasteiger partial charge in [0.1, 0.15) is 11.2 Å². The molecule has 61 heavy (non-hydrogen) atoms. The molecule has 1 aromatic heterocycles. The molecule has 0 aliphatic heterocycles. The van der Waals surface area contributed by atoms with E-state index in [1.807, 2.05) is 0 Å². The van der Waals surface area contributed by atoms with Crippen molar-refractivity contribution in [3.63, 3.8) is 0 Å². The van der Waals surface area contributed by atoms with Gasteiger partial charge in [0, 0.05) is 10.8 Å². The van der Waals surface area contributed by atoms with Crippen LogP contribution in [0.2, 0.25) is 0 Å². The summed E-state index contributed by atoms with van der Waals surface area (Å²) in [6.45, 7) is 0. The Labute approximate surface area is 398 Å². The van der Waals surface area contributed by atoms with Crippen LogP contribution in [0.25, 0.3) is 142 Å². The monoisotopic (exact) mass is 804 g/mol. The summed E-state index contributed by atoms with van der Waals surface area (Å²) < 4.78 is 327. The fourth-order valence-corrected chi connectivity index (χ4v) is 8.23. The van der Waals surface area contributed by atoms with Crippen molar-refractivity contribution < 1.29 is 51.0 Å². The van der Waals surface area contributed by atoms with E-state index in [-0.39, 0.29) is 0 Å². The summed E-state index contributed by atoms with van der Waals surface area (Å²) in [6.07, 6.45) is 0. The summed E-state index contributed by atoms with van der Waals surface area (Å²) in [5.74, 6) is 0. The molecule has 0 aliphatic rings. The van der Waals surface area contributed by atoms with Gasteiger partial charge in [-0.2, -0.15) is 0 Å². The molecule has 0 N–H and O–H groups in total. The number of benzene rings is 13. The zero-order valence-corrected chi connectivity index (χ0v) is 30.4. The maximum absolute atomic E-state index is 11.1. The molecule has 1 nitrogen and oxygen atoms in total. The number of fused-ring (bicyclic) bond motifs is 4. The molecule has 0 spiro atoms. The zero-order chi connectivity index (χ0) is 69.3. The van der Waals surface area contributed by atoms with Gasteiger partial charge in [0.2, 0.25) is 0 Å². The van der Waals surface area contributed by atoms with Gasteiger partial charge in [-0.25, -0.2) is 0 Å². The standard InChI is InChI=1S/C60H34O/c1-2-9-35(10-3-1)49-33-52(46-17-8-18-54-60(46)53-31-42-11-4-5-12-43(42)32-55(53)61-54)51(45-28-24-41-22-20-37-14-7-16-39-26-30-48(45)59(41)57(37)39)34-50(49)44-27-23-40-21-19-36-13-6-15-38-25-29-47(44)58(40)56(36)38/h1-34H/i1D,2D,3D,4D,5D,6D,7D,8D,9D,10D,11D,12D,13D,14D,15D,16D,17D,18D,19D,20D,21D,22D,23D,24D,25D,26D,27D,28D,29D,30D,31D,32D,33D,34D. The lowest BCUT2D eigenvalue weighted by molar-refractivity contribution is 0.669. The first-order valence-electron chi connectivity index (χ1n) is 35.4. The van der Waals surface area contributed by atoms with Crippen molar-refractivity contribution in [3.8, 4) is 44.5 Å². The van der Waals surface area contributed by atoms with Gasteiger partial charge in [-0.1, -0.05) is 175 Å². The van der Waals surface area contributed by atoms with Crippen molar-refractivity contribution in [2.45, 2.75) is 0 Å². The van der Waals surface area contributed by atoms with E-state index in [4.69, 9.17) is 23.6 Å². The van der Waals surface area contributed by atoms with E-state index < -0.39 is 347 Å². The minimum atomic E-state index is -1.32. The van der Waals surface area contributed by atoms with Gasteiger partial charge >= 0.3 is 0 Å². The molecule has 14 rings (SSSR count). The Bertz CT molecular complexity index is 6050. The van der Waals surface area contributed by atoms with Crippen LogP contribution in [0.15, 0.2) is 210 Å². The summed E-state index contributed by atoms with van der Waals surface area (Å²) in [7, 11) is 0. The average molecular weight is 805 g/mol. The second kappa shape index (κ2) is 12.3. The second-order valence-corrected chi connectivity index (χ2v) is 14.0. The summed E-state index contributed by atoms with van der Waals surface area (Å²) in [5, 5.41) is -9.78. The fraction of sp³-hybridized carbons (Fsp3) is 0. The fourth-order valence-electron chi connectivity index (χ4n) is 8.23. The van der Waals surface area contributed by atoms with Crippen LogP contribution in [0.4, 0.5) is 0 Å². The lowest BCUT2D eigenvalue weighted by Crippen LogP contribution is -1.95. The first kappa shape index (κ1) is 14.3. The Morgan fingerprint density at radius 2 is 0.705 bits per heavy atom. The van der Waals surface area contributed by atoms with Gasteiger partial charge < -0.3 is 4.42 Å².